The number of fused-ring (bicyclic) bond motifs is 8. The molecule has 30 heavy (non-hydrogen) atoms. The zero-order valence-corrected chi connectivity index (χ0v) is 16.6. The fourth-order valence-corrected chi connectivity index (χ4v) is 3.14. The second-order valence-electron chi connectivity index (χ2n) is 7.11. The van der Waals surface area contributed by atoms with Gasteiger partial charge in [0.15, 0.2) is 0 Å². The summed E-state index contributed by atoms with van der Waals surface area (Å²) in [7, 11) is 0. The van der Waals surface area contributed by atoms with Crippen LogP contribution in [0.2, 0.25) is 0 Å². The average Bonchev–Trinajstić information content (AvgIpc) is 2.73. The lowest BCUT2D eigenvalue weighted by molar-refractivity contribution is 1.13. The molecule has 4 aromatic rings. The third-order valence-electron chi connectivity index (χ3n) is 4.71. The van der Waals surface area contributed by atoms with Crippen LogP contribution in [0.3, 0.4) is 0 Å². The number of hydrogen-bond acceptors (Lipinski definition) is 8. The number of nitrogens with one attached hydrogen (secondary N) is 4. The van der Waals surface area contributed by atoms with Gasteiger partial charge in [-0.3, -0.25) is 0 Å². The summed E-state index contributed by atoms with van der Waals surface area (Å²) in [6.45, 7) is 3.94. The van der Waals surface area contributed by atoms with Crippen LogP contribution in [0.25, 0.3) is 0 Å². The second kappa shape index (κ2) is 7.32. The summed E-state index contributed by atoms with van der Waals surface area (Å²) in [6, 6.07) is 15.8. The number of rotatable bonds is 0. The van der Waals surface area contributed by atoms with Gasteiger partial charge in [-0.1, -0.05) is 12.1 Å². The summed E-state index contributed by atoms with van der Waals surface area (Å²) in [5.41, 5.74) is 5.42. The van der Waals surface area contributed by atoms with Crippen LogP contribution < -0.4 is 21.3 Å². The molecule has 0 saturated carbocycles. The van der Waals surface area contributed by atoms with Crippen LogP contribution in [0.1, 0.15) is 11.1 Å². The summed E-state index contributed by atoms with van der Waals surface area (Å²) < 4.78 is 0. The van der Waals surface area contributed by atoms with Gasteiger partial charge in [-0.2, -0.15) is 9.97 Å². The van der Waals surface area contributed by atoms with Crippen LogP contribution in [0.4, 0.5) is 46.3 Å². The zero-order chi connectivity index (χ0) is 20.5. The first-order valence-corrected chi connectivity index (χ1v) is 9.58. The number of aromatic nitrogens is 4. The van der Waals surface area contributed by atoms with Gasteiger partial charge in [0.1, 0.15) is 11.6 Å². The Morgan fingerprint density at radius 3 is 1.40 bits per heavy atom. The molecule has 8 bridgehead atoms. The fraction of sp³-hybridized carbons (Fsp3) is 0.0909. The van der Waals surface area contributed by atoms with E-state index in [1.807, 2.05) is 62.4 Å². The van der Waals surface area contributed by atoms with Crippen molar-refractivity contribution in [2.75, 3.05) is 21.3 Å². The molecular formula is C22H20N8. The van der Waals surface area contributed by atoms with Gasteiger partial charge in [-0.05, 0) is 50.2 Å². The highest BCUT2D eigenvalue weighted by atomic mass is 15.2. The molecule has 1 aliphatic heterocycles. The predicted molar refractivity (Wildman–Crippen MR) is 120 cm³/mol. The minimum absolute atomic E-state index is 0.516. The zero-order valence-electron chi connectivity index (χ0n) is 16.6. The van der Waals surface area contributed by atoms with E-state index in [1.165, 1.54) is 0 Å². The van der Waals surface area contributed by atoms with Gasteiger partial charge < -0.3 is 21.3 Å². The highest BCUT2D eigenvalue weighted by Gasteiger charge is 2.09. The molecule has 0 aliphatic carbocycles. The van der Waals surface area contributed by atoms with Crippen molar-refractivity contribution in [2.45, 2.75) is 13.8 Å². The van der Waals surface area contributed by atoms with E-state index < -0.39 is 0 Å². The molecule has 1 aliphatic rings. The monoisotopic (exact) mass is 396 g/mol. The minimum atomic E-state index is 0.516. The topological polar surface area (TPSA) is 99.7 Å². The largest absolute Gasteiger partial charge is 0.340 e. The van der Waals surface area contributed by atoms with Crippen molar-refractivity contribution < 1.29 is 0 Å². The number of anilines is 8. The number of hydrogen-bond donors (Lipinski definition) is 4. The summed E-state index contributed by atoms with van der Waals surface area (Å²) in [5, 5.41) is 13.3. The van der Waals surface area contributed by atoms with Gasteiger partial charge in [0.05, 0.1) is 0 Å². The summed E-state index contributed by atoms with van der Waals surface area (Å²) in [5.74, 6) is 2.50. The van der Waals surface area contributed by atoms with Crippen LogP contribution in [0.5, 0.6) is 0 Å². The molecule has 0 saturated heterocycles. The smallest absolute Gasteiger partial charge is 0.229 e. The van der Waals surface area contributed by atoms with Crippen LogP contribution in [-0.4, -0.2) is 19.9 Å². The van der Waals surface area contributed by atoms with Gasteiger partial charge in [0, 0.05) is 46.3 Å². The van der Waals surface area contributed by atoms with E-state index in [4.69, 9.17) is 0 Å². The maximum Gasteiger partial charge on any atom is 0.229 e. The van der Waals surface area contributed by atoms with Crippen molar-refractivity contribution >= 4 is 46.3 Å². The Morgan fingerprint density at radius 1 is 0.567 bits per heavy atom. The van der Waals surface area contributed by atoms with Gasteiger partial charge in [-0.25, -0.2) is 9.97 Å². The molecule has 8 nitrogen and oxygen atoms in total. The Balaban J connectivity index is 1.63. The van der Waals surface area contributed by atoms with Crippen molar-refractivity contribution in [1.82, 2.24) is 19.9 Å². The SMILES string of the molecule is Cc1cnc2nc1Nc1cccc(c1)Nc1ncc(C)c(n1)Nc1cccc(c1)N2. The van der Waals surface area contributed by atoms with Crippen LogP contribution in [0.15, 0.2) is 60.9 Å². The van der Waals surface area contributed by atoms with E-state index in [-0.39, 0.29) is 0 Å². The molecule has 0 radical (unpaired) electrons. The van der Waals surface area contributed by atoms with E-state index in [1.54, 1.807) is 12.4 Å². The van der Waals surface area contributed by atoms with Gasteiger partial charge in [-0.15, -0.1) is 0 Å². The predicted octanol–water partition coefficient (Wildman–Crippen LogP) is 5.17. The standard InChI is InChI=1S/C22H20N8/c1-13-11-23-21-27-18-8-4-6-16(10-18)26-20-14(2)12-24-22(30-20)28-17-7-3-5-15(9-17)25-19(13)29-21/h3-12H,1-2H3,(H2,23,25,27,29)(H2,24,26,28,30). The van der Waals surface area contributed by atoms with Crippen molar-refractivity contribution in [3.8, 4) is 0 Å². The Hall–Kier alpha value is -4.20. The molecule has 5 rings (SSSR count). The lowest BCUT2D eigenvalue weighted by Crippen LogP contribution is -2.05. The molecule has 2 aromatic heterocycles. The fourth-order valence-electron chi connectivity index (χ4n) is 3.14. The summed E-state index contributed by atoms with van der Waals surface area (Å²) >= 11 is 0. The van der Waals surface area contributed by atoms with Gasteiger partial charge >= 0.3 is 0 Å². The molecule has 0 unspecified atom stereocenters. The average molecular weight is 396 g/mol. The Morgan fingerprint density at radius 2 is 0.967 bits per heavy atom. The maximum atomic E-state index is 4.65. The summed E-state index contributed by atoms with van der Waals surface area (Å²) in [6.07, 6.45) is 3.60. The van der Waals surface area contributed by atoms with Crippen LogP contribution >= 0.6 is 0 Å². The van der Waals surface area contributed by atoms with E-state index in [0.29, 0.717) is 11.9 Å². The molecule has 3 heterocycles. The Labute approximate surface area is 173 Å². The van der Waals surface area contributed by atoms with E-state index in [9.17, 15) is 0 Å². The van der Waals surface area contributed by atoms with Crippen molar-refractivity contribution in [3.63, 3.8) is 0 Å². The van der Waals surface area contributed by atoms with Crippen molar-refractivity contribution in [3.05, 3.63) is 72.1 Å². The third-order valence-corrected chi connectivity index (χ3v) is 4.71. The normalized spacial score (nSPS) is 12.1. The van der Waals surface area contributed by atoms with E-state index in [0.717, 1.165) is 45.5 Å². The third kappa shape index (κ3) is 3.70. The molecule has 4 N–H and O–H groups in total. The van der Waals surface area contributed by atoms with E-state index in [2.05, 4.69) is 41.2 Å². The lowest BCUT2D eigenvalue weighted by Gasteiger charge is -2.15. The molecule has 0 amide bonds. The van der Waals surface area contributed by atoms with Crippen LogP contribution in [0, 0.1) is 13.8 Å². The lowest BCUT2D eigenvalue weighted by atomic mass is 10.2. The number of aryl methyl sites for hydroxylation is 2. The molecular weight excluding hydrogens is 376 g/mol. The first-order valence-electron chi connectivity index (χ1n) is 9.58. The van der Waals surface area contributed by atoms with Crippen molar-refractivity contribution in [2.24, 2.45) is 0 Å². The minimum Gasteiger partial charge on any atom is -0.340 e. The van der Waals surface area contributed by atoms with E-state index >= 15 is 0 Å². The molecule has 2 aromatic carbocycles. The molecule has 8 heteroatoms. The Kier molecular flexibility index (Phi) is 4.36. The number of benzene rings is 2. The molecule has 0 fully saturated rings. The quantitative estimate of drug-likeness (QED) is 0.284. The first-order chi connectivity index (χ1) is 14.6. The molecule has 0 atom stereocenters. The van der Waals surface area contributed by atoms with Gasteiger partial charge in [0.25, 0.3) is 0 Å². The van der Waals surface area contributed by atoms with Crippen molar-refractivity contribution in [1.29, 1.82) is 0 Å². The number of nitrogens with zero attached hydrogens (tertiary/aromatic N) is 4. The first kappa shape index (κ1) is 17.9. The molecule has 0 spiro atoms. The second-order valence-corrected chi connectivity index (χ2v) is 7.11. The highest BCUT2D eigenvalue weighted by Crippen LogP contribution is 2.27. The Bertz CT molecular complexity index is 1140. The van der Waals surface area contributed by atoms with Gasteiger partial charge in [0.2, 0.25) is 11.9 Å². The highest BCUT2D eigenvalue weighted by molar-refractivity contribution is 5.70. The molecule has 148 valence electrons. The van der Waals surface area contributed by atoms with Crippen LogP contribution in [-0.2, 0) is 0 Å². The summed E-state index contributed by atoms with van der Waals surface area (Å²) in [4.78, 5) is 18.1. The maximum absolute atomic E-state index is 4.65.